The molecular weight excluding hydrogens is 200 g/mol. The second-order valence-corrected chi connectivity index (χ2v) is 3.85. The van der Waals surface area contributed by atoms with Gasteiger partial charge in [0.2, 0.25) is 0 Å². The minimum absolute atomic E-state index is 0.537. The average Bonchev–Trinajstić information content (AvgIpc) is 2.87. The van der Waals surface area contributed by atoms with Crippen molar-refractivity contribution in [2.75, 3.05) is 5.73 Å². The molecule has 0 aliphatic rings. The molecule has 2 aromatic heterocycles. The predicted molar refractivity (Wildman–Crippen MR) is 64.1 cm³/mol. The minimum Gasteiger partial charge on any atom is -0.382 e. The molecule has 16 heavy (non-hydrogen) atoms. The van der Waals surface area contributed by atoms with Crippen molar-refractivity contribution in [2.24, 2.45) is 0 Å². The molecule has 0 atom stereocenters. The van der Waals surface area contributed by atoms with Crippen LogP contribution in [0.5, 0.6) is 0 Å². The van der Waals surface area contributed by atoms with Crippen LogP contribution in [0.15, 0.2) is 36.5 Å². The van der Waals surface area contributed by atoms with Gasteiger partial charge in [-0.15, -0.1) is 0 Å². The molecular formula is C12H12N4. The Labute approximate surface area is 92.5 Å². The molecule has 80 valence electrons. The molecule has 0 saturated carbocycles. The van der Waals surface area contributed by atoms with Crippen LogP contribution in [-0.2, 0) is 6.42 Å². The maximum absolute atomic E-state index is 5.57. The summed E-state index contributed by atoms with van der Waals surface area (Å²) in [5.74, 6) is 0.537. The fourth-order valence-electron chi connectivity index (χ4n) is 1.95. The fraction of sp³-hybridized carbons (Fsp3) is 0.0833. The smallest absolute Gasteiger partial charge is 0.145 e. The van der Waals surface area contributed by atoms with E-state index >= 15 is 0 Å². The lowest BCUT2D eigenvalue weighted by atomic mass is 10.1. The number of hydrogen-bond acceptors (Lipinski definition) is 2. The molecule has 0 radical (unpaired) electrons. The van der Waals surface area contributed by atoms with E-state index in [0.29, 0.717) is 5.82 Å². The summed E-state index contributed by atoms with van der Waals surface area (Å²) in [6.45, 7) is 0. The highest BCUT2D eigenvalue weighted by Crippen LogP contribution is 2.20. The van der Waals surface area contributed by atoms with Crippen molar-refractivity contribution in [2.45, 2.75) is 6.42 Å². The van der Waals surface area contributed by atoms with E-state index in [2.05, 4.69) is 27.3 Å². The van der Waals surface area contributed by atoms with E-state index in [9.17, 15) is 0 Å². The van der Waals surface area contributed by atoms with Crippen LogP contribution in [0, 0.1) is 0 Å². The molecule has 4 N–H and O–H groups in total. The van der Waals surface area contributed by atoms with Gasteiger partial charge >= 0.3 is 0 Å². The summed E-state index contributed by atoms with van der Waals surface area (Å²) in [6, 6.07) is 10.1. The summed E-state index contributed by atoms with van der Waals surface area (Å²) in [6.07, 6.45) is 2.84. The first-order chi connectivity index (χ1) is 7.83. The number of nitrogens with one attached hydrogen (secondary N) is 2. The van der Waals surface area contributed by atoms with Crippen LogP contribution >= 0.6 is 0 Å². The number of benzene rings is 1. The van der Waals surface area contributed by atoms with Gasteiger partial charge in [-0.25, -0.2) is 0 Å². The molecule has 0 aliphatic carbocycles. The highest BCUT2D eigenvalue weighted by molar-refractivity contribution is 5.83. The Morgan fingerprint density at radius 2 is 2.12 bits per heavy atom. The van der Waals surface area contributed by atoms with Gasteiger partial charge in [-0.05, 0) is 11.6 Å². The molecule has 2 heterocycles. The highest BCUT2D eigenvalue weighted by atomic mass is 15.1. The molecule has 0 saturated heterocycles. The number of rotatable bonds is 2. The average molecular weight is 212 g/mol. The van der Waals surface area contributed by atoms with Crippen molar-refractivity contribution < 1.29 is 0 Å². The molecule has 1 aromatic carbocycles. The lowest BCUT2D eigenvalue weighted by Gasteiger charge is -1.95. The van der Waals surface area contributed by atoms with Gasteiger partial charge in [0.05, 0.1) is 0 Å². The maximum Gasteiger partial charge on any atom is 0.145 e. The van der Waals surface area contributed by atoms with Crippen molar-refractivity contribution in [1.29, 1.82) is 0 Å². The monoisotopic (exact) mass is 212 g/mol. The Balaban J connectivity index is 2.00. The lowest BCUT2D eigenvalue weighted by molar-refractivity contribution is 1.00. The van der Waals surface area contributed by atoms with Crippen molar-refractivity contribution in [1.82, 2.24) is 15.2 Å². The van der Waals surface area contributed by atoms with E-state index in [0.717, 1.165) is 17.6 Å². The summed E-state index contributed by atoms with van der Waals surface area (Å²) in [5.41, 5.74) is 9.01. The third-order valence-electron chi connectivity index (χ3n) is 2.71. The Morgan fingerprint density at radius 3 is 2.94 bits per heavy atom. The number of hydrogen-bond donors (Lipinski definition) is 3. The maximum atomic E-state index is 5.57. The Kier molecular flexibility index (Phi) is 1.93. The number of aromatic amines is 2. The van der Waals surface area contributed by atoms with Crippen molar-refractivity contribution >= 4 is 16.7 Å². The van der Waals surface area contributed by atoms with Gasteiger partial charge in [-0.3, -0.25) is 5.10 Å². The fourth-order valence-corrected chi connectivity index (χ4v) is 1.95. The molecule has 4 nitrogen and oxygen atoms in total. The van der Waals surface area contributed by atoms with E-state index in [4.69, 9.17) is 5.73 Å². The SMILES string of the molecule is Nc1cc(Cc2c[nH]c3ccccc23)[nH]n1. The zero-order valence-electron chi connectivity index (χ0n) is 8.70. The minimum atomic E-state index is 0.537. The van der Waals surface area contributed by atoms with E-state index in [1.165, 1.54) is 10.9 Å². The summed E-state index contributed by atoms with van der Waals surface area (Å²) in [7, 11) is 0. The molecule has 0 unspecified atom stereocenters. The van der Waals surface area contributed by atoms with Crippen molar-refractivity contribution in [3.05, 3.63) is 47.8 Å². The summed E-state index contributed by atoms with van der Waals surface area (Å²) in [5, 5.41) is 8.09. The predicted octanol–water partition coefficient (Wildman–Crippen LogP) is 2.06. The first kappa shape index (κ1) is 9.03. The lowest BCUT2D eigenvalue weighted by Crippen LogP contribution is -1.86. The van der Waals surface area contributed by atoms with Crippen LogP contribution in [0.3, 0.4) is 0 Å². The molecule has 0 aliphatic heterocycles. The number of anilines is 1. The van der Waals surface area contributed by atoms with Crippen LogP contribution in [-0.4, -0.2) is 15.2 Å². The second-order valence-electron chi connectivity index (χ2n) is 3.85. The number of para-hydroxylation sites is 1. The van der Waals surface area contributed by atoms with Crippen LogP contribution in [0.4, 0.5) is 5.82 Å². The molecule has 0 amide bonds. The van der Waals surface area contributed by atoms with Crippen LogP contribution < -0.4 is 5.73 Å². The third kappa shape index (κ3) is 1.44. The van der Waals surface area contributed by atoms with Crippen LogP contribution in [0.25, 0.3) is 10.9 Å². The molecule has 0 bridgehead atoms. The van der Waals surface area contributed by atoms with Gasteiger partial charge in [0, 0.05) is 35.3 Å². The second kappa shape index (κ2) is 3.41. The first-order valence-corrected chi connectivity index (χ1v) is 5.18. The van der Waals surface area contributed by atoms with Crippen molar-refractivity contribution in [3.8, 4) is 0 Å². The largest absolute Gasteiger partial charge is 0.382 e. The van der Waals surface area contributed by atoms with E-state index in [1.54, 1.807) is 0 Å². The molecule has 4 heteroatoms. The summed E-state index contributed by atoms with van der Waals surface area (Å²) in [4.78, 5) is 3.25. The van der Waals surface area contributed by atoms with Crippen LogP contribution in [0.2, 0.25) is 0 Å². The van der Waals surface area contributed by atoms with Gasteiger partial charge < -0.3 is 10.7 Å². The summed E-state index contributed by atoms with van der Waals surface area (Å²) >= 11 is 0. The molecule has 3 aromatic rings. The van der Waals surface area contributed by atoms with Crippen LogP contribution in [0.1, 0.15) is 11.3 Å². The standard InChI is InChI=1S/C12H12N4/c13-12-6-9(15-16-12)5-8-7-14-11-4-2-1-3-10(8)11/h1-4,6-7,14H,5H2,(H3,13,15,16). The molecule has 3 rings (SSSR count). The van der Waals surface area contributed by atoms with Crippen molar-refractivity contribution in [3.63, 3.8) is 0 Å². The number of nitrogens with two attached hydrogens (primary N) is 1. The zero-order valence-corrected chi connectivity index (χ0v) is 8.70. The van der Waals surface area contributed by atoms with Gasteiger partial charge in [0.25, 0.3) is 0 Å². The number of fused-ring (bicyclic) bond motifs is 1. The summed E-state index contributed by atoms with van der Waals surface area (Å²) < 4.78 is 0. The Bertz CT molecular complexity index is 621. The topological polar surface area (TPSA) is 70.5 Å². The molecule has 0 spiro atoms. The number of aromatic nitrogens is 3. The third-order valence-corrected chi connectivity index (χ3v) is 2.71. The Morgan fingerprint density at radius 1 is 1.25 bits per heavy atom. The zero-order chi connectivity index (χ0) is 11.0. The number of nitrogens with zero attached hydrogens (tertiary/aromatic N) is 1. The normalized spacial score (nSPS) is 11.0. The van der Waals surface area contributed by atoms with E-state index in [1.807, 2.05) is 24.4 Å². The van der Waals surface area contributed by atoms with Gasteiger partial charge in [0.1, 0.15) is 5.82 Å². The Hall–Kier alpha value is -2.23. The number of nitrogen functional groups attached to an aromatic ring is 1. The van der Waals surface area contributed by atoms with E-state index in [-0.39, 0.29) is 0 Å². The van der Waals surface area contributed by atoms with E-state index < -0.39 is 0 Å². The van der Waals surface area contributed by atoms with Gasteiger partial charge in [-0.1, -0.05) is 18.2 Å². The number of H-pyrrole nitrogens is 2. The highest BCUT2D eigenvalue weighted by Gasteiger charge is 2.05. The van der Waals surface area contributed by atoms with Gasteiger partial charge in [0.15, 0.2) is 0 Å². The quantitative estimate of drug-likeness (QED) is 0.608. The first-order valence-electron chi connectivity index (χ1n) is 5.18. The van der Waals surface area contributed by atoms with Gasteiger partial charge in [-0.2, -0.15) is 5.10 Å². The molecule has 0 fully saturated rings.